The number of rotatable bonds is 8. The third kappa shape index (κ3) is 5.70. The maximum Gasteiger partial charge on any atom is 0.262 e. The number of para-hydroxylation sites is 1. The molecular weight excluding hydrogens is 382 g/mol. The van der Waals surface area contributed by atoms with E-state index in [-0.39, 0.29) is 17.2 Å². The number of benzene rings is 2. The van der Waals surface area contributed by atoms with Gasteiger partial charge in [-0.25, -0.2) is 4.98 Å². The Bertz CT molecular complexity index is 1040. The van der Waals surface area contributed by atoms with E-state index in [1.54, 1.807) is 10.6 Å². The lowest BCUT2D eigenvalue weighted by Crippen LogP contribution is -2.27. The molecule has 0 aliphatic carbocycles. The molecule has 0 radical (unpaired) electrons. The largest absolute Gasteiger partial charge is 0.351 e. The summed E-state index contributed by atoms with van der Waals surface area (Å²) in [7, 11) is 0. The first-order valence-corrected chi connectivity index (χ1v) is 10.9. The third-order valence-corrected chi connectivity index (χ3v) is 5.68. The summed E-state index contributed by atoms with van der Waals surface area (Å²) in [5, 5.41) is 4.15. The van der Waals surface area contributed by atoms with Crippen LogP contribution in [-0.4, -0.2) is 21.2 Å². The molecule has 1 N–H and O–H groups in total. The summed E-state index contributed by atoms with van der Waals surface area (Å²) < 4.78 is 1.71. The fraction of sp³-hybridized carbons (Fsp3) is 0.348. The van der Waals surface area contributed by atoms with E-state index in [1.807, 2.05) is 49.4 Å². The monoisotopic (exact) mass is 409 g/mol. The number of nitrogens with one attached hydrogen (secondary N) is 1. The zero-order chi connectivity index (χ0) is 20.8. The van der Waals surface area contributed by atoms with Gasteiger partial charge in [-0.2, -0.15) is 0 Å². The second-order valence-corrected chi connectivity index (χ2v) is 8.54. The van der Waals surface area contributed by atoms with Crippen LogP contribution in [0.5, 0.6) is 0 Å². The van der Waals surface area contributed by atoms with Gasteiger partial charge in [0.2, 0.25) is 5.91 Å². The number of hydrogen-bond donors (Lipinski definition) is 1. The number of fused-ring (bicyclic) bond motifs is 1. The van der Waals surface area contributed by atoms with Crippen LogP contribution in [0.3, 0.4) is 0 Å². The number of nitrogens with zero attached hydrogens (tertiary/aromatic N) is 2. The van der Waals surface area contributed by atoms with E-state index in [0.717, 1.165) is 12.0 Å². The van der Waals surface area contributed by atoms with Gasteiger partial charge in [-0.3, -0.25) is 14.2 Å². The van der Waals surface area contributed by atoms with E-state index in [4.69, 9.17) is 0 Å². The number of amides is 1. The van der Waals surface area contributed by atoms with Gasteiger partial charge in [-0.1, -0.05) is 67.6 Å². The van der Waals surface area contributed by atoms with E-state index in [9.17, 15) is 9.59 Å². The Morgan fingerprint density at radius 3 is 2.59 bits per heavy atom. The molecule has 0 fully saturated rings. The minimum absolute atomic E-state index is 0.0428. The molecule has 1 amide bonds. The maximum atomic E-state index is 13.0. The SMILES string of the molecule is Cc1ccc(CNC(=O)CSc2nc3ccccc3c(=O)n2CCC(C)C)cc1. The van der Waals surface area contributed by atoms with Crippen molar-refractivity contribution in [3.8, 4) is 0 Å². The number of carbonyl (C=O) groups excluding carboxylic acids is 1. The number of aromatic nitrogens is 2. The van der Waals surface area contributed by atoms with Crippen molar-refractivity contribution in [1.29, 1.82) is 0 Å². The Hall–Kier alpha value is -2.60. The summed E-state index contributed by atoms with van der Waals surface area (Å²) >= 11 is 1.31. The van der Waals surface area contributed by atoms with Gasteiger partial charge < -0.3 is 5.32 Å². The fourth-order valence-corrected chi connectivity index (χ4v) is 3.79. The van der Waals surface area contributed by atoms with E-state index < -0.39 is 0 Å². The number of aryl methyl sites for hydroxylation is 1. The van der Waals surface area contributed by atoms with Crippen LogP contribution in [0.1, 0.15) is 31.4 Å². The first kappa shape index (κ1) is 21.1. The van der Waals surface area contributed by atoms with Crippen LogP contribution in [0.2, 0.25) is 0 Å². The summed E-state index contributed by atoms with van der Waals surface area (Å²) in [5.74, 6) is 0.621. The second kappa shape index (κ2) is 9.74. The van der Waals surface area contributed by atoms with Crippen LogP contribution in [0.15, 0.2) is 58.5 Å². The molecule has 2 aromatic carbocycles. The van der Waals surface area contributed by atoms with Crippen molar-refractivity contribution in [3.63, 3.8) is 0 Å². The quantitative estimate of drug-likeness (QED) is 0.448. The molecule has 5 nitrogen and oxygen atoms in total. The zero-order valence-electron chi connectivity index (χ0n) is 17.1. The van der Waals surface area contributed by atoms with Crippen molar-refractivity contribution in [2.45, 2.75) is 45.4 Å². The van der Waals surface area contributed by atoms with Gasteiger partial charge >= 0.3 is 0 Å². The van der Waals surface area contributed by atoms with Gasteiger partial charge in [0, 0.05) is 13.1 Å². The van der Waals surface area contributed by atoms with Gasteiger partial charge in [0.05, 0.1) is 16.7 Å². The normalized spacial score (nSPS) is 11.2. The van der Waals surface area contributed by atoms with Crippen LogP contribution >= 0.6 is 11.8 Å². The Labute approximate surface area is 175 Å². The summed E-state index contributed by atoms with van der Waals surface area (Å²) in [6.07, 6.45) is 0.882. The Morgan fingerprint density at radius 1 is 1.14 bits per heavy atom. The van der Waals surface area contributed by atoms with E-state index in [2.05, 4.69) is 24.1 Å². The molecule has 3 rings (SSSR count). The summed E-state index contributed by atoms with van der Waals surface area (Å²) in [5.41, 5.74) is 2.88. The third-order valence-electron chi connectivity index (χ3n) is 4.70. The highest BCUT2D eigenvalue weighted by Crippen LogP contribution is 2.19. The molecule has 29 heavy (non-hydrogen) atoms. The summed E-state index contributed by atoms with van der Waals surface area (Å²) in [4.78, 5) is 29.9. The molecule has 0 spiro atoms. The lowest BCUT2D eigenvalue weighted by atomic mass is 10.1. The lowest BCUT2D eigenvalue weighted by molar-refractivity contribution is -0.118. The van der Waals surface area contributed by atoms with Crippen LogP contribution < -0.4 is 10.9 Å². The van der Waals surface area contributed by atoms with Gasteiger partial charge in [0.15, 0.2) is 5.16 Å². The topological polar surface area (TPSA) is 64.0 Å². The van der Waals surface area contributed by atoms with Gasteiger partial charge in [-0.15, -0.1) is 0 Å². The molecule has 0 atom stereocenters. The molecular formula is C23H27N3O2S. The summed E-state index contributed by atoms with van der Waals surface area (Å²) in [6, 6.07) is 15.4. The van der Waals surface area contributed by atoms with Crippen LogP contribution in [0, 0.1) is 12.8 Å². The predicted molar refractivity (Wildman–Crippen MR) is 119 cm³/mol. The second-order valence-electron chi connectivity index (χ2n) is 7.60. The highest BCUT2D eigenvalue weighted by Gasteiger charge is 2.13. The highest BCUT2D eigenvalue weighted by molar-refractivity contribution is 7.99. The van der Waals surface area contributed by atoms with Crippen LogP contribution in [0.25, 0.3) is 10.9 Å². The summed E-state index contributed by atoms with van der Waals surface area (Å²) in [6.45, 7) is 7.39. The molecule has 1 heterocycles. The highest BCUT2D eigenvalue weighted by atomic mass is 32.2. The van der Waals surface area contributed by atoms with Crippen molar-refractivity contribution in [2.24, 2.45) is 5.92 Å². The number of carbonyl (C=O) groups is 1. The number of thioether (sulfide) groups is 1. The zero-order valence-corrected chi connectivity index (χ0v) is 18.0. The van der Waals surface area contributed by atoms with Crippen LogP contribution in [-0.2, 0) is 17.9 Å². The Kier molecular flexibility index (Phi) is 7.09. The van der Waals surface area contributed by atoms with Crippen molar-refractivity contribution in [3.05, 3.63) is 70.0 Å². The molecule has 0 saturated heterocycles. The van der Waals surface area contributed by atoms with E-state index >= 15 is 0 Å². The average molecular weight is 410 g/mol. The molecule has 0 aliphatic rings. The molecule has 0 bridgehead atoms. The first-order chi connectivity index (χ1) is 13.9. The van der Waals surface area contributed by atoms with E-state index in [0.29, 0.717) is 35.1 Å². The van der Waals surface area contributed by atoms with Gasteiger partial charge in [0.25, 0.3) is 5.56 Å². The Morgan fingerprint density at radius 2 is 1.86 bits per heavy atom. The standard InChI is InChI=1S/C23H27N3O2S/c1-16(2)12-13-26-22(28)19-6-4-5-7-20(19)25-23(26)29-15-21(27)24-14-18-10-8-17(3)9-11-18/h4-11,16H,12-15H2,1-3H3,(H,24,27). The van der Waals surface area contributed by atoms with Crippen molar-refractivity contribution in [2.75, 3.05) is 5.75 Å². The minimum atomic E-state index is -0.0756. The van der Waals surface area contributed by atoms with Crippen molar-refractivity contribution < 1.29 is 4.79 Å². The molecule has 0 saturated carbocycles. The molecule has 152 valence electrons. The molecule has 1 aromatic heterocycles. The molecule has 3 aromatic rings. The van der Waals surface area contributed by atoms with Crippen molar-refractivity contribution in [1.82, 2.24) is 14.9 Å². The van der Waals surface area contributed by atoms with Gasteiger partial charge in [0.1, 0.15) is 0 Å². The molecule has 6 heteroatoms. The number of hydrogen-bond acceptors (Lipinski definition) is 4. The maximum absolute atomic E-state index is 13.0. The van der Waals surface area contributed by atoms with Gasteiger partial charge in [-0.05, 0) is 37.0 Å². The first-order valence-electron chi connectivity index (χ1n) is 9.88. The van der Waals surface area contributed by atoms with E-state index in [1.165, 1.54) is 17.3 Å². The van der Waals surface area contributed by atoms with Crippen molar-refractivity contribution >= 4 is 28.6 Å². The van der Waals surface area contributed by atoms with Crippen LogP contribution in [0.4, 0.5) is 0 Å². The predicted octanol–water partition coefficient (Wildman–Crippen LogP) is 4.16. The smallest absolute Gasteiger partial charge is 0.262 e. The molecule has 0 aliphatic heterocycles. The average Bonchev–Trinajstić information content (AvgIpc) is 2.71. The lowest BCUT2D eigenvalue weighted by Gasteiger charge is -2.14. The molecule has 0 unspecified atom stereocenters. The Balaban J connectivity index is 1.72. The minimum Gasteiger partial charge on any atom is -0.351 e. The fourth-order valence-electron chi connectivity index (χ4n) is 2.93.